The lowest BCUT2D eigenvalue weighted by atomic mass is 9.90. The minimum atomic E-state index is -2.17. The molecule has 13 atom stereocenters. The number of fused-ring (bicyclic) bond motifs is 2. The summed E-state index contributed by atoms with van der Waals surface area (Å²) in [4.78, 5) is 107. The van der Waals surface area contributed by atoms with E-state index in [4.69, 9.17) is 23.7 Å². The summed E-state index contributed by atoms with van der Waals surface area (Å²) in [6.45, 7) is 3.26. The van der Waals surface area contributed by atoms with Crippen LogP contribution in [0.15, 0.2) is 66.7 Å². The van der Waals surface area contributed by atoms with Crippen molar-refractivity contribution in [2.45, 2.75) is 201 Å². The maximum atomic E-state index is 15.0. The number of phenols is 1. The number of nitrogens with zero attached hydrogens (tertiary/aromatic N) is 5. The monoisotopic (exact) mass is 1540 g/mol. The summed E-state index contributed by atoms with van der Waals surface area (Å²) in [6, 6.07) is 5.57. The Balaban J connectivity index is 0.897. The van der Waals surface area contributed by atoms with Crippen LogP contribution in [0.2, 0.25) is 0 Å². The highest BCUT2D eigenvalue weighted by Crippen LogP contribution is 2.35. The first-order chi connectivity index (χ1) is 51.5. The summed E-state index contributed by atoms with van der Waals surface area (Å²) in [5.74, 6) is -8.88. The number of aliphatic hydroxyl groups is 8. The highest BCUT2D eigenvalue weighted by atomic mass is 32.2. The lowest BCUT2D eigenvalue weighted by Crippen LogP contribution is -2.64. The third-order valence-corrected chi connectivity index (χ3v) is 21.6. The molecule has 590 valence electrons. The average molecular weight is 1540 g/mol. The highest BCUT2D eigenvalue weighted by molar-refractivity contribution is 7.90. The van der Waals surface area contributed by atoms with Crippen molar-refractivity contribution in [2.75, 3.05) is 72.8 Å². The molecule has 0 spiro atoms. The fourth-order valence-electron chi connectivity index (χ4n) is 14.1. The normalized spacial score (nSPS) is 26.4. The number of methoxy groups -OCH3 is 1. The van der Waals surface area contributed by atoms with Crippen LogP contribution in [0.5, 0.6) is 17.2 Å². The van der Waals surface area contributed by atoms with Gasteiger partial charge in [0.15, 0.2) is 11.5 Å². The van der Waals surface area contributed by atoms with Gasteiger partial charge in [-0.05, 0) is 125 Å². The van der Waals surface area contributed by atoms with E-state index in [1.54, 1.807) is 19.2 Å². The van der Waals surface area contributed by atoms with E-state index in [1.165, 1.54) is 55.4 Å². The number of aliphatic hydroxyl groups excluding tert-OH is 8. The SMILES string of the molecule is COCCCCCCOC1CCC(N2CCC(Oc3ccc(-c4nnc(-c5ccc(C(=O)NC6C[C@@H](O)CNC(=O)[C@@H]7[C@@H](O)[C@@H](C)CN7C(=O)[C@H]([C@H](O)CCNC(CO)CO)NC(=O)[C@H]([C@H](O)Cc7ccc(O)c(OSOOO)c7)NC(=O)[C@@H]7C[C@@H](O)CN7C(=O)[C@H]([C@@H](C)O)NC6=O)cc5)s4)cc3)CC2)CC1. The molecule has 34 nitrogen and oxygen atoms in total. The van der Waals surface area contributed by atoms with Crippen molar-refractivity contribution in [1.29, 1.82) is 0 Å². The molecule has 1 unspecified atom stereocenters. The van der Waals surface area contributed by atoms with E-state index in [2.05, 4.69) is 56.4 Å². The lowest BCUT2D eigenvalue weighted by Gasteiger charge is -2.40. The van der Waals surface area contributed by atoms with E-state index in [-0.39, 0.29) is 48.4 Å². The standard InChI is InChI=1S/C71H101N11O23S2/c1-39-35-82-61(62(39)91)67(96)73-34-47(86)32-52(74-63(92)42-9-11-43(12-10-42)68-78-79-69(106-68)44-13-17-50(18-14-44)102-51-23-26-80(27-24-51)46-15-19-49(20-16-46)101-29-7-5-4-6-28-100-3)64(93)75-58(40(2)85)70(97)81-36-48(87)33-53(81)65(94)76-59(56(90)30-41-8-21-54(88)57(31-41)103-107-105-104-99)66(95)77-60(71(82)98)55(89)22-25-72-45(37-83)38-84/h8-14,17-18,21,31,39-40,45-49,51-53,55-56,58-62,72,83-91,99H,4-7,15-16,19-20,22-30,32-38H2,1-3H3,(H,73,96)(H,74,92)(H,75,93)(H,76,94)(H,77,95)/t39-,40+,46?,47+,48+,49?,52?,53-,55+,56+,58-,59-,60-,61-,62-/m0/s1. The molecule has 1 saturated carbocycles. The molecule has 9 rings (SSSR count). The van der Waals surface area contributed by atoms with E-state index < -0.39 is 184 Å². The fourth-order valence-corrected chi connectivity index (χ4v) is 15.2. The number of rotatable bonds is 30. The number of benzene rings is 3. The van der Waals surface area contributed by atoms with Gasteiger partial charge < -0.3 is 111 Å². The summed E-state index contributed by atoms with van der Waals surface area (Å²) in [5, 5.41) is 137. The zero-order valence-corrected chi connectivity index (χ0v) is 61.6. The van der Waals surface area contributed by atoms with Gasteiger partial charge in [0.1, 0.15) is 58.1 Å². The minimum Gasteiger partial charge on any atom is -0.504 e. The van der Waals surface area contributed by atoms with Gasteiger partial charge in [-0.15, -0.1) is 10.2 Å². The number of aromatic hydroxyl groups is 1. The first-order valence-electron chi connectivity index (χ1n) is 36.3. The average Bonchev–Trinajstić information content (AvgIpc) is 1.60. The molecule has 36 heteroatoms. The molecule has 1 aliphatic carbocycles. The molecule has 0 radical (unpaired) electrons. The van der Waals surface area contributed by atoms with Gasteiger partial charge in [-0.25, -0.2) is 5.26 Å². The number of hydrogen-bond donors (Lipinski definition) is 16. The number of hydrogen-bond acceptors (Lipinski definition) is 29. The van der Waals surface area contributed by atoms with Gasteiger partial charge in [-0.3, -0.25) is 33.6 Å². The molecule has 4 aromatic rings. The molecule has 5 heterocycles. The topological polar surface area (TPSA) is 485 Å². The molecule has 0 bridgehead atoms. The molecular formula is C71H101N11O23S2. The smallest absolute Gasteiger partial charge is 0.261 e. The van der Waals surface area contributed by atoms with Crippen LogP contribution in [0.1, 0.15) is 113 Å². The van der Waals surface area contributed by atoms with Gasteiger partial charge in [0, 0.05) is 101 Å². The first-order valence-corrected chi connectivity index (χ1v) is 37.8. The maximum absolute atomic E-state index is 15.0. The Morgan fingerprint density at radius 3 is 2.02 bits per heavy atom. The Hall–Kier alpha value is -7.34. The van der Waals surface area contributed by atoms with Crippen molar-refractivity contribution in [3.8, 4) is 38.4 Å². The van der Waals surface area contributed by atoms with E-state index in [1.807, 2.05) is 24.3 Å². The van der Waals surface area contributed by atoms with Crippen LogP contribution in [-0.2, 0) is 54.0 Å². The summed E-state index contributed by atoms with van der Waals surface area (Å²) in [7, 11) is 1.74. The molecule has 3 aromatic carbocycles. The Bertz CT molecular complexity index is 3530. The summed E-state index contributed by atoms with van der Waals surface area (Å²) in [6.07, 6.45) is -1.41. The predicted molar refractivity (Wildman–Crippen MR) is 385 cm³/mol. The second-order valence-corrected chi connectivity index (χ2v) is 29.4. The third-order valence-electron chi connectivity index (χ3n) is 20.2. The number of amides is 7. The number of ether oxygens (including phenoxy) is 3. The molecular weight excluding hydrogens is 1440 g/mol. The molecule has 5 aliphatic rings. The zero-order chi connectivity index (χ0) is 76.8. The Morgan fingerprint density at radius 2 is 1.36 bits per heavy atom. The van der Waals surface area contributed by atoms with Crippen LogP contribution < -0.4 is 40.8 Å². The van der Waals surface area contributed by atoms with Crippen LogP contribution in [-0.4, -0.2) is 287 Å². The second-order valence-electron chi connectivity index (χ2n) is 28.0. The van der Waals surface area contributed by atoms with Crippen LogP contribution in [0.25, 0.3) is 21.1 Å². The Morgan fingerprint density at radius 1 is 0.720 bits per heavy atom. The van der Waals surface area contributed by atoms with Gasteiger partial charge in [0.2, 0.25) is 35.4 Å². The summed E-state index contributed by atoms with van der Waals surface area (Å²) >= 11 is 1.37. The second kappa shape index (κ2) is 40.9. The predicted octanol–water partition coefficient (Wildman–Crippen LogP) is -0.400. The largest absolute Gasteiger partial charge is 0.504 e. The highest BCUT2D eigenvalue weighted by Gasteiger charge is 2.50. The maximum Gasteiger partial charge on any atom is 0.261 e. The van der Waals surface area contributed by atoms with Crippen molar-refractivity contribution in [2.24, 2.45) is 5.92 Å². The molecule has 16 N–H and O–H groups in total. The quantitative estimate of drug-likeness (QED) is 0.0137. The third kappa shape index (κ3) is 23.1. The van der Waals surface area contributed by atoms with Gasteiger partial charge >= 0.3 is 0 Å². The molecule has 4 aliphatic heterocycles. The van der Waals surface area contributed by atoms with Gasteiger partial charge in [0.25, 0.3) is 18.2 Å². The number of carbonyl (C=O) groups excluding carboxylic acids is 7. The number of carbonyl (C=O) groups is 7. The van der Waals surface area contributed by atoms with Crippen LogP contribution in [0, 0.1) is 5.92 Å². The van der Waals surface area contributed by atoms with E-state index >= 15 is 4.79 Å². The van der Waals surface area contributed by atoms with Crippen molar-refractivity contribution in [3.05, 3.63) is 77.9 Å². The van der Waals surface area contributed by atoms with Crippen LogP contribution >= 0.6 is 23.7 Å². The van der Waals surface area contributed by atoms with Crippen molar-refractivity contribution >= 4 is 65.0 Å². The zero-order valence-electron chi connectivity index (χ0n) is 60.0. The Labute approximate surface area is 627 Å². The van der Waals surface area contributed by atoms with Gasteiger partial charge in [-0.2, -0.15) is 0 Å². The lowest BCUT2D eigenvalue weighted by molar-refractivity contribution is -0.433. The van der Waals surface area contributed by atoms with Crippen molar-refractivity contribution < 1.29 is 113 Å². The van der Waals surface area contributed by atoms with E-state index in [9.17, 15) is 74.7 Å². The number of nitrogens with one attached hydrogen (secondary N) is 6. The molecule has 5 fully saturated rings. The Kier molecular flexibility index (Phi) is 32.0. The molecule has 7 amide bonds. The van der Waals surface area contributed by atoms with Crippen molar-refractivity contribution in [3.63, 3.8) is 0 Å². The number of unbranched alkanes of at least 4 members (excludes halogenated alkanes) is 3. The number of phenolic OH excluding ortho intramolecular Hbond substituents is 1. The molecule has 1 aromatic heterocycles. The summed E-state index contributed by atoms with van der Waals surface area (Å²) in [5.41, 5.74) is 1.50. The summed E-state index contributed by atoms with van der Waals surface area (Å²) < 4.78 is 27.2. The number of β-amino-alcohol motifs (C(OH)–C–C–N with tert-alkyl or cyclic N) is 1. The molecule has 107 heavy (non-hydrogen) atoms. The first kappa shape index (κ1) is 83.7. The van der Waals surface area contributed by atoms with E-state index in [0.29, 0.717) is 27.7 Å². The minimum absolute atomic E-state index is 0.00934. The van der Waals surface area contributed by atoms with E-state index in [0.717, 1.165) is 112 Å². The molecule has 4 saturated heterocycles. The van der Waals surface area contributed by atoms with Gasteiger partial charge in [0.05, 0.1) is 62.0 Å². The number of piperidine rings is 1. The fraction of sp³-hybridized carbons (Fsp3) is 0.620. The van der Waals surface area contributed by atoms with Crippen LogP contribution in [0.3, 0.4) is 0 Å². The number of likely N-dealkylation sites (tertiary alicyclic amines) is 1. The number of aromatic nitrogens is 2. The van der Waals surface area contributed by atoms with Crippen molar-refractivity contribution in [1.82, 2.24) is 56.8 Å². The van der Waals surface area contributed by atoms with Gasteiger partial charge in [-0.1, -0.05) is 58.7 Å². The van der Waals surface area contributed by atoms with Crippen LogP contribution in [0.4, 0.5) is 0 Å².